The molecule has 5 nitrogen and oxygen atoms in total. The maximum absolute atomic E-state index is 14.8. The van der Waals surface area contributed by atoms with Gasteiger partial charge in [0.1, 0.15) is 0 Å². The number of halogens is 5. The molecular formula is C23H21F5N2O3. The molecule has 0 radical (unpaired) electrons. The maximum atomic E-state index is 14.8. The fourth-order valence-electron chi connectivity index (χ4n) is 5.06. The molecule has 2 heterocycles. The second-order valence-corrected chi connectivity index (χ2v) is 8.15. The molecule has 33 heavy (non-hydrogen) atoms. The molecule has 2 saturated heterocycles. The van der Waals surface area contributed by atoms with Gasteiger partial charge in [-0.3, -0.25) is 14.5 Å². The van der Waals surface area contributed by atoms with Crippen LogP contribution in [0.15, 0.2) is 30.3 Å². The zero-order valence-electron chi connectivity index (χ0n) is 17.6. The van der Waals surface area contributed by atoms with Crippen LogP contribution in [0.1, 0.15) is 30.0 Å². The summed E-state index contributed by atoms with van der Waals surface area (Å²) in [6.07, 6.45) is 0.941. The van der Waals surface area contributed by atoms with Crippen molar-refractivity contribution in [1.82, 2.24) is 10.2 Å². The highest BCUT2D eigenvalue weighted by atomic mass is 19.2. The van der Waals surface area contributed by atoms with Gasteiger partial charge in [-0.2, -0.15) is 0 Å². The Hall–Kier alpha value is -3.01. The molecule has 0 aromatic heterocycles. The summed E-state index contributed by atoms with van der Waals surface area (Å²) >= 11 is 0. The number of amides is 1. The number of carbonyl (C=O) groups excluding carboxylic acids is 2. The lowest BCUT2D eigenvalue weighted by atomic mass is 9.82. The topological polar surface area (TPSA) is 58.6 Å². The zero-order valence-corrected chi connectivity index (χ0v) is 17.6. The Morgan fingerprint density at radius 3 is 2.18 bits per heavy atom. The van der Waals surface area contributed by atoms with Crippen molar-refractivity contribution in [1.29, 1.82) is 0 Å². The van der Waals surface area contributed by atoms with E-state index in [9.17, 15) is 31.5 Å². The Balaban J connectivity index is 1.80. The minimum absolute atomic E-state index is 0.0541. The third-order valence-corrected chi connectivity index (χ3v) is 6.47. The summed E-state index contributed by atoms with van der Waals surface area (Å²) in [7, 11) is 1.12. The van der Waals surface area contributed by atoms with Crippen LogP contribution in [0.4, 0.5) is 22.0 Å². The largest absolute Gasteiger partial charge is 0.469 e. The van der Waals surface area contributed by atoms with Crippen molar-refractivity contribution < 1.29 is 36.3 Å². The van der Waals surface area contributed by atoms with Gasteiger partial charge in [-0.05, 0) is 24.9 Å². The average Bonchev–Trinajstić information content (AvgIpc) is 3.41. The van der Waals surface area contributed by atoms with Crippen LogP contribution in [-0.4, -0.2) is 36.5 Å². The number of benzene rings is 2. The smallest absolute Gasteiger partial charge is 0.311 e. The van der Waals surface area contributed by atoms with Crippen molar-refractivity contribution in [3.05, 3.63) is 70.5 Å². The predicted molar refractivity (Wildman–Crippen MR) is 106 cm³/mol. The average molecular weight is 468 g/mol. The van der Waals surface area contributed by atoms with E-state index in [0.29, 0.717) is 12.8 Å². The molecular weight excluding hydrogens is 447 g/mol. The van der Waals surface area contributed by atoms with Gasteiger partial charge in [0.05, 0.1) is 25.0 Å². The van der Waals surface area contributed by atoms with Crippen molar-refractivity contribution in [3.8, 4) is 0 Å². The Kier molecular flexibility index (Phi) is 6.38. The van der Waals surface area contributed by atoms with E-state index in [4.69, 9.17) is 4.74 Å². The normalized spacial score (nSPS) is 24.5. The summed E-state index contributed by atoms with van der Waals surface area (Å²) in [6, 6.07) is 6.61. The first-order valence-corrected chi connectivity index (χ1v) is 10.4. The first-order valence-electron chi connectivity index (χ1n) is 10.4. The summed E-state index contributed by atoms with van der Waals surface area (Å²) < 4.78 is 76.3. The fourth-order valence-corrected chi connectivity index (χ4v) is 5.06. The summed E-state index contributed by atoms with van der Waals surface area (Å²) in [5, 5.41) is 2.64. The molecule has 2 fully saturated rings. The van der Waals surface area contributed by atoms with Crippen LogP contribution in [0.2, 0.25) is 0 Å². The minimum atomic E-state index is -2.28. The molecule has 0 unspecified atom stereocenters. The van der Waals surface area contributed by atoms with Crippen LogP contribution >= 0.6 is 0 Å². The van der Waals surface area contributed by atoms with Crippen LogP contribution in [0, 0.1) is 40.9 Å². The van der Waals surface area contributed by atoms with Gasteiger partial charge in [0.25, 0.3) is 0 Å². The lowest BCUT2D eigenvalue weighted by Gasteiger charge is -2.28. The van der Waals surface area contributed by atoms with E-state index in [1.54, 1.807) is 30.3 Å². The molecule has 4 rings (SSSR count). The summed E-state index contributed by atoms with van der Waals surface area (Å²) in [5.74, 6) is -14.5. The molecule has 0 aliphatic carbocycles. The van der Waals surface area contributed by atoms with E-state index in [1.165, 1.54) is 4.90 Å². The number of fused-ring (bicyclic) bond motifs is 1. The van der Waals surface area contributed by atoms with Crippen LogP contribution in [0.5, 0.6) is 0 Å². The molecule has 1 amide bonds. The number of rotatable bonds is 5. The first kappa shape index (κ1) is 23.2. The second kappa shape index (κ2) is 9.09. The lowest BCUT2D eigenvalue weighted by molar-refractivity contribution is -0.150. The third kappa shape index (κ3) is 3.86. The molecule has 0 spiro atoms. The molecule has 2 aromatic carbocycles. The van der Waals surface area contributed by atoms with Crippen molar-refractivity contribution in [2.45, 2.75) is 31.5 Å². The van der Waals surface area contributed by atoms with Crippen LogP contribution in [-0.2, 0) is 20.9 Å². The van der Waals surface area contributed by atoms with E-state index >= 15 is 0 Å². The van der Waals surface area contributed by atoms with E-state index in [0.717, 1.165) is 12.7 Å². The van der Waals surface area contributed by atoms with Gasteiger partial charge in [0, 0.05) is 18.2 Å². The predicted octanol–water partition coefficient (Wildman–Crippen LogP) is 3.62. The first-order chi connectivity index (χ1) is 15.8. The van der Waals surface area contributed by atoms with Gasteiger partial charge in [-0.1, -0.05) is 30.3 Å². The Labute approximate surface area is 186 Å². The van der Waals surface area contributed by atoms with Gasteiger partial charge in [0.2, 0.25) is 11.7 Å². The van der Waals surface area contributed by atoms with E-state index in [2.05, 4.69) is 5.32 Å². The van der Waals surface area contributed by atoms with Gasteiger partial charge in [-0.15, -0.1) is 0 Å². The van der Waals surface area contributed by atoms with Crippen LogP contribution in [0.25, 0.3) is 0 Å². The van der Waals surface area contributed by atoms with Crippen molar-refractivity contribution >= 4 is 11.9 Å². The Bertz CT molecular complexity index is 1050. The number of nitrogens with one attached hydrogen (secondary N) is 1. The summed E-state index contributed by atoms with van der Waals surface area (Å²) in [4.78, 5) is 27.4. The molecule has 0 bridgehead atoms. The second-order valence-electron chi connectivity index (χ2n) is 8.15. The third-order valence-electron chi connectivity index (χ3n) is 6.47. The van der Waals surface area contributed by atoms with Gasteiger partial charge in [-0.25, -0.2) is 22.0 Å². The highest BCUT2D eigenvalue weighted by molar-refractivity contribution is 5.87. The molecule has 4 atom stereocenters. The highest BCUT2D eigenvalue weighted by Crippen LogP contribution is 2.51. The van der Waals surface area contributed by atoms with E-state index < -0.39 is 70.4 Å². The molecule has 10 heteroatoms. The van der Waals surface area contributed by atoms with Crippen LogP contribution < -0.4 is 5.32 Å². The van der Waals surface area contributed by atoms with E-state index in [1.807, 2.05) is 0 Å². The summed E-state index contributed by atoms with van der Waals surface area (Å²) in [5.41, 5.74) is -0.378. The number of carbonyl (C=O) groups is 2. The van der Waals surface area contributed by atoms with Crippen molar-refractivity contribution in [2.24, 2.45) is 11.8 Å². The molecule has 2 aliphatic heterocycles. The van der Waals surface area contributed by atoms with Gasteiger partial charge >= 0.3 is 5.97 Å². The fraction of sp³-hybridized carbons (Fsp3) is 0.391. The standard InChI is InChI=1S/C23H21F5N2O3/c1-33-23(32)13-12-8-5-9-30(12)21(15-16(24)18(26)20(28)19(27)17(15)25)14(13)22(31)29-10-11-6-3-2-4-7-11/h2-4,6-7,12-14,21H,5,8-10H2,1H3,(H,29,31)/t12-,13-,14-,21+/m1/s1. The molecule has 2 aromatic rings. The van der Waals surface area contributed by atoms with Gasteiger partial charge in [0.15, 0.2) is 23.3 Å². The molecule has 0 saturated carbocycles. The Morgan fingerprint density at radius 2 is 1.58 bits per heavy atom. The number of ether oxygens (including phenoxy) is 1. The maximum Gasteiger partial charge on any atom is 0.311 e. The number of hydrogen-bond donors (Lipinski definition) is 1. The Morgan fingerprint density at radius 1 is 0.970 bits per heavy atom. The SMILES string of the molecule is COC(=O)[C@H]1[C@@H](C(=O)NCc2ccccc2)[C@@H](c2c(F)c(F)c(F)c(F)c2F)N2CCC[C@H]12. The van der Waals surface area contributed by atoms with Crippen molar-refractivity contribution in [2.75, 3.05) is 13.7 Å². The quantitative estimate of drug-likeness (QED) is 0.315. The molecule has 2 aliphatic rings. The van der Waals surface area contributed by atoms with Crippen LogP contribution in [0.3, 0.4) is 0 Å². The number of hydrogen-bond acceptors (Lipinski definition) is 4. The zero-order chi connectivity index (χ0) is 23.9. The number of esters is 1. The summed E-state index contributed by atoms with van der Waals surface area (Å²) in [6.45, 7) is 0.281. The van der Waals surface area contributed by atoms with Crippen molar-refractivity contribution in [3.63, 3.8) is 0 Å². The number of nitrogens with zero attached hydrogens (tertiary/aromatic N) is 1. The lowest BCUT2D eigenvalue weighted by Crippen LogP contribution is -2.40. The molecule has 176 valence electrons. The van der Waals surface area contributed by atoms with E-state index in [-0.39, 0.29) is 13.1 Å². The molecule has 1 N–H and O–H groups in total. The number of methoxy groups -OCH3 is 1. The minimum Gasteiger partial charge on any atom is -0.469 e. The van der Waals surface area contributed by atoms with Gasteiger partial charge < -0.3 is 10.1 Å². The highest BCUT2D eigenvalue weighted by Gasteiger charge is 2.58. The monoisotopic (exact) mass is 468 g/mol.